The number of fused-ring (bicyclic) bond motifs is 2. The maximum Gasteiger partial charge on any atom is 0.100 e. The van der Waals surface area contributed by atoms with E-state index in [4.69, 9.17) is 4.98 Å². The van der Waals surface area contributed by atoms with Gasteiger partial charge >= 0.3 is 0 Å². The molecule has 1 aliphatic rings. The highest BCUT2D eigenvalue weighted by Crippen LogP contribution is 2.28. The first-order valence-electron chi connectivity index (χ1n) is 7.33. The van der Waals surface area contributed by atoms with Gasteiger partial charge in [0.15, 0.2) is 0 Å². The van der Waals surface area contributed by atoms with Crippen LogP contribution in [0.4, 0.5) is 0 Å². The largest absolute Gasteiger partial charge is 0.299 e. The summed E-state index contributed by atoms with van der Waals surface area (Å²) in [6, 6.07) is 8.73. The third-order valence-corrected chi connectivity index (χ3v) is 4.25. The molecular weight excluding hydrogens is 246 g/mol. The highest BCUT2D eigenvalue weighted by Gasteiger charge is 2.21. The number of benzene rings is 1. The van der Waals surface area contributed by atoms with E-state index in [0.29, 0.717) is 0 Å². The van der Waals surface area contributed by atoms with Gasteiger partial charge in [-0.2, -0.15) is 5.26 Å². The van der Waals surface area contributed by atoms with E-state index in [1.165, 1.54) is 5.56 Å². The summed E-state index contributed by atoms with van der Waals surface area (Å²) in [6.07, 6.45) is 1.93. The van der Waals surface area contributed by atoms with E-state index >= 15 is 0 Å². The number of nitriles is 1. The van der Waals surface area contributed by atoms with Crippen molar-refractivity contribution in [1.29, 1.82) is 5.26 Å². The standard InChI is InChI=1S/C17H19N3/c1-3-12-5-6-16-13(9-12)14(10-18)15-11-20(4-2)8-7-17(15)19-16/h5-6,9H,3-4,7-8,11H2,1-2H3. The summed E-state index contributed by atoms with van der Waals surface area (Å²) in [5, 5.41) is 10.6. The smallest absolute Gasteiger partial charge is 0.100 e. The van der Waals surface area contributed by atoms with Crippen LogP contribution in [-0.2, 0) is 19.4 Å². The third kappa shape index (κ3) is 2.07. The first-order chi connectivity index (χ1) is 9.76. The van der Waals surface area contributed by atoms with E-state index in [0.717, 1.165) is 60.2 Å². The van der Waals surface area contributed by atoms with Crippen molar-refractivity contribution in [3.8, 4) is 6.07 Å². The van der Waals surface area contributed by atoms with E-state index in [2.05, 4.69) is 43.0 Å². The fourth-order valence-electron chi connectivity index (χ4n) is 2.96. The number of likely N-dealkylation sites (N-methyl/N-ethyl adjacent to an activating group) is 1. The molecule has 0 saturated carbocycles. The molecule has 0 fully saturated rings. The molecule has 0 saturated heterocycles. The van der Waals surface area contributed by atoms with Crippen molar-refractivity contribution in [3.63, 3.8) is 0 Å². The number of aromatic nitrogens is 1. The molecule has 0 radical (unpaired) electrons. The summed E-state index contributed by atoms with van der Waals surface area (Å²) in [4.78, 5) is 7.17. The zero-order valence-electron chi connectivity index (χ0n) is 12.1. The monoisotopic (exact) mass is 265 g/mol. The van der Waals surface area contributed by atoms with E-state index in [-0.39, 0.29) is 0 Å². The van der Waals surface area contributed by atoms with E-state index < -0.39 is 0 Å². The number of hydrogen-bond donors (Lipinski definition) is 0. The van der Waals surface area contributed by atoms with Gasteiger partial charge in [0.2, 0.25) is 0 Å². The van der Waals surface area contributed by atoms with Crippen LogP contribution >= 0.6 is 0 Å². The van der Waals surface area contributed by atoms with Crippen LogP contribution in [0.2, 0.25) is 0 Å². The molecule has 3 heteroatoms. The van der Waals surface area contributed by atoms with Gasteiger partial charge < -0.3 is 0 Å². The van der Waals surface area contributed by atoms with Crippen LogP contribution < -0.4 is 0 Å². The molecule has 0 bridgehead atoms. The quantitative estimate of drug-likeness (QED) is 0.838. The van der Waals surface area contributed by atoms with Crippen LogP contribution in [0.1, 0.15) is 36.2 Å². The van der Waals surface area contributed by atoms with Crippen LogP contribution in [-0.4, -0.2) is 23.0 Å². The maximum atomic E-state index is 9.62. The van der Waals surface area contributed by atoms with Gasteiger partial charge in [-0.15, -0.1) is 0 Å². The van der Waals surface area contributed by atoms with Crippen molar-refractivity contribution < 1.29 is 0 Å². The Morgan fingerprint density at radius 3 is 2.90 bits per heavy atom. The van der Waals surface area contributed by atoms with Crippen molar-refractivity contribution >= 4 is 10.9 Å². The molecule has 2 aromatic rings. The van der Waals surface area contributed by atoms with Gasteiger partial charge in [-0.3, -0.25) is 9.88 Å². The molecule has 0 amide bonds. The first-order valence-corrected chi connectivity index (χ1v) is 7.33. The minimum atomic E-state index is 0.832. The van der Waals surface area contributed by atoms with Gasteiger partial charge in [-0.05, 0) is 30.7 Å². The Hall–Kier alpha value is -1.92. The molecular formula is C17H19N3. The lowest BCUT2D eigenvalue weighted by Gasteiger charge is -2.28. The third-order valence-electron chi connectivity index (χ3n) is 4.25. The maximum absolute atomic E-state index is 9.62. The Labute approximate surface area is 119 Å². The molecule has 1 aliphatic heterocycles. The average Bonchev–Trinajstić information content (AvgIpc) is 2.51. The van der Waals surface area contributed by atoms with Crippen molar-refractivity contribution in [2.24, 2.45) is 0 Å². The predicted octanol–water partition coefficient (Wildman–Crippen LogP) is 3.05. The lowest BCUT2D eigenvalue weighted by Crippen LogP contribution is -2.31. The van der Waals surface area contributed by atoms with Crippen molar-refractivity contribution in [3.05, 3.63) is 40.6 Å². The Balaban J connectivity index is 2.24. The van der Waals surface area contributed by atoms with Crippen LogP contribution in [0.15, 0.2) is 18.2 Å². The van der Waals surface area contributed by atoms with Gasteiger partial charge in [-0.1, -0.05) is 19.9 Å². The first kappa shape index (κ1) is 13.1. The summed E-state index contributed by atoms with van der Waals surface area (Å²) in [6.45, 7) is 7.23. The van der Waals surface area contributed by atoms with Crippen LogP contribution in [0.5, 0.6) is 0 Å². The number of rotatable bonds is 2. The lowest BCUT2D eigenvalue weighted by molar-refractivity contribution is 0.266. The van der Waals surface area contributed by atoms with Crippen LogP contribution in [0.3, 0.4) is 0 Å². The van der Waals surface area contributed by atoms with Crippen LogP contribution in [0, 0.1) is 11.3 Å². The number of aryl methyl sites for hydroxylation is 1. The van der Waals surface area contributed by atoms with Gasteiger partial charge in [0.25, 0.3) is 0 Å². The minimum Gasteiger partial charge on any atom is -0.299 e. The molecule has 20 heavy (non-hydrogen) atoms. The second-order valence-corrected chi connectivity index (χ2v) is 5.35. The summed E-state index contributed by atoms with van der Waals surface area (Å²) >= 11 is 0. The Kier molecular flexibility index (Phi) is 3.42. The molecule has 102 valence electrons. The SMILES string of the molecule is CCc1ccc2nc3c(c(C#N)c2c1)CN(CC)CC3. The molecule has 0 atom stereocenters. The summed E-state index contributed by atoms with van der Waals surface area (Å²) in [5.74, 6) is 0. The van der Waals surface area contributed by atoms with E-state index in [1.807, 2.05) is 0 Å². The molecule has 0 unspecified atom stereocenters. The summed E-state index contributed by atoms with van der Waals surface area (Å²) in [7, 11) is 0. The Morgan fingerprint density at radius 2 is 2.20 bits per heavy atom. The summed E-state index contributed by atoms with van der Waals surface area (Å²) < 4.78 is 0. The predicted molar refractivity (Wildman–Crippen MR) is 80.5 cm³/mol. The summed E-state index contributed by atoms with van der Waals surface area (Å²) in [5.41, 5.74) is 5.31. The number of nitrogens with zero attached hydrogens (tertiary/aromatic N) is 3. The Bertz CT molecular complexity index is 697. The molecule has 3 rings (SSSR count). The average molecular weight is 265 g/mol. The van der Waals surface area contributed by atoms with Gasteiger partial charge in [-0.25, -0.2) is 0 Å². The lowest BCUT2D eigenvalue weighted by atomic mass is 9.95. The zero-order valence-corrected chi connectivity index (χ0v) is 12.1. The topological polar surface area (TPSA) is 39.9 Å². The van der Waals surface area contributed by atoms with E-state index in [9.17, 15) is 5.26 Å². The second-order valence-electron chi connectivity index (χ2n) is 5.35. The number of hydrogen-bond acceptors (Lipinski definition) is 3. The molecule has 0 aliphatic carbocycles. The van der Waals surface area contributed by atoms with E-state index in [1.54, 1.807) is 0 Å². The molecule has 0 N–H and O–H groups in total. The van der Waals surface area contributed by atoms with Crippen LogP contribution in [0.25, 0.3) is 10.9 Å². The molecule has 2 heterocycles. The Morgan fingerprint density at radius 1 is 1.35 bits per heavy atom. The van der Waals surface area contributed by atoms with Crippen molar-refractivity contribution in [1.82, 2.24) is 9.88 Å². The highest BCUT2D eigenvalue weighted by molar-refractivity contribution is 5.87. The fraction of sp³-hybridized carbons (Fsp3) is 0.412. The van der Waals surface area contributed by atoms with Gasteiger partial charge in [0.1, 0.15) is 6.07 Å². The van der Waals surface area contributed by atoms with Gasteiger partial charge in [0, 0.05) is 36.2 Å². The molecule has 1 aromatic heterocycles. The molecule has 3 nitrogen and oxygen atoms in total. The second kappa shape index (κ2) is 5.22. The normalized spacial score (nSPS) is 15.1. The zero-order chi connectivity index (χ0) is 14.1. The molecule has 1 aromatic carbocycles. The number of pyridine rings is 1. The van der Waals surface area contributed by atoms with Gasteiger partial charge in [0.05, 0.1) is 11.1 Å². The fourth-order valence-corrected chi connectivity index (χ4v) is 2.96. The minimum absolute atomic E-state index is 0.832. The highest BCUT2D eigenvalue weighted by atomic mass is 15.1. The van der Waals surface area contributed by atoms with Crippen molar-refractivity contribution in [2.45, 2.75) is 33.2 Å². The molecule has 0 spiro atoms. The van der Waals surface area contributed by atoms with Crippen molar-refractivity contribution in [2.75, 3.05) is 13.1 Å².